The van der Waals surface area contributed by atoms with E-state index in [9.17, 15) is 0 Å². The van der Waals surface area contributed by atoms with Gasteiger partial charge in [0, 0.05) is 5.02 Å². The molecule has 132 valence electrons. The lowest BCUT2D eigenvalue weighted by atomic mass is 9.70. The van der Waals surface area contributed by atoms with Crippen LogP contribution in [0.3, 0.4) is 0 Å². The van der Waals surface area contributed by atoms with Gasteiger partial charge in [-0.05, 0) is 67.1 Å². The van der Waals surface area contributed by atoms with E-state index in [1.54, 1.807) is 0 Å². The molecule has 0 saturated heterocycles. The maximum Gasteiger partial charge on any atom is 0.0481 e. The number of halogens is 1. The van der Waals surface area contributed by atoms with E-state index in [1.165, 1.54) is 81.8 Å². The number of unbranched alkanes of at least 4 members (excludes halogenated alkanes) is 2. The summed E-state index contributed by atoms with van der Waals surface area (Å²) in [6, 6.07) is 8.32. The van der Waals surface area contributed by atoms with Crippen molar-refractivity contribution in [3.63, 3.8) is 0 Å². The van der Waals surface area contributed by atoms with Crippen molar-refractivity contribution in [3.8, 4) is 0 Å². The molecule has 1 heteroatoms. The lowest BCUT2D eigenvalue weighted by molar-refractivity contribution is 0.187. The van der Waals surface area contributed by atoms with Crippen LogP contribution in [0.2, 0.25) is 5.02 Å². The highest BCUT2D eigenvalue weighted by Gasteiger charge is 2.28. The molecule has 0 bridgehead atoms. The molecule has 24 heavy (non-hydrogen) atoms. The summed E-state index contributed by atoms with van der Waals surface area (Å²) in [6.07, 6.45) is 18.0. The lowest BCUT2D eigenvalue weighted by Crippen LogP contribution is -2.23. The van der Waals surface area contributed by atoms with Crippen LogP contribution in [0.5, 0.6) is 0 Å². The number of hydrogen-bond donors (Lipinski definition) is 0. The Morgan fingerprint density at radius 1 is 0.958 bits per heavy atom. The smallest absolute Gasteiger partial charge is 0.0481 e. The Labute approximate surface area is 153 Å². The molecule has 1 atom stereocenters. The van der Waals surface area contributed by atoms with Crippen molar-refractivity contribution in [3.05, 3.63) is 40.9 Å². The van der Waals surface area contributed by atoms with Gasteiger partial charge < -0.3 is 0 Å². The zero-order valence-electron chi connectivity index (χ0n) is 15.3. The Balaban J connectivity index is 1.48. The second-order valence-corrected chi connectivity index (χ2v) is 8.43. The summed E-state index contributed by atoms with van der Waals surface area (Å²) in [5.41, 5.74) is 2.74. The summed E-state index contributed by atoms with van der Waals surface area (Å²) < 4.78 is 0. The van der Waals surface area contributed by atoms with E-state index in [-0.39, 0.29) is 0 Å². The zero-order valence-corrected chi connectivity index (χ0v) is 16.0. The molecule has 0 nitrogen and oxygen atoms in total. The van der Waals surface area contributed by atoms with Crippen LogP contribution in [0.4, 0.5) is 0 Å². The number of rotatable bonds is 6. The molecule has 1 unspecified atom stereocenters. The second-order valence-electron chi connectivity index (χ2n) is 8.02. The minimum Gasteiger partial charge on any atom is -0.0837 e. The van der Waals surface area contributed by atoms with Crippen LogP contribution in [0.15, 0.2) is 30.3 Å². The topological polar surface area (TPSA) is 0 Å². The first kappa shape index (κ1) is 18.1. The Morgan fingerprint density at radius 2 is 1.75 bits per heavy atom. The molecule has 0 radical (unpaired) electrons. The number of benzene rings is 1. The Hall–Kier alpha value is -0.750. The highest BCUT2D eigenvalue weighted by Crippen LogP contribution is 2.42. The first-order chi connectivity index (χ1) is 11.8. The maximum absolute atomic E-state index is 6.37. The predicted octanol–water partition coefficient (Wildman–Crippen LogP) is 7.91. The normalized spacial score (nSPS) is 27.8. The minimum atomic E-state index is 0.912. The molecule has 2 aliphatic carbocycles. The van der Waals surface area contributed by atoms with E-state index >= 15 is 0 Å². The van der Waals surface area contributed by atoms with Gasteiger partial charge in [-0.2, -0.15) is 0 Å². The van der Waals surface area contributed by atoms with Gasteiger partial charge in [0.15, 0.2) is 0 Å². The van der Waals surface area contributed by atoms with Crippen LogP contribution in [0, 0.1) is 17.8 Å². The van der Waals surface area contributed by atoms with Crippen LogP contribution in [-0.2, 0) is 0 Å². The van der Waals surface area contributed by atoms with E-state index < -0.39 is 0 Å². The van der Waals surface area contributed by atoms with Gasteiger partial charge in [-0.3, -0.25) is 0 Å². The molecule has 0 heterocycles. The van der Waals surface area contributed by atoms with Crippen molar-refractivity contribution in [2.45, 2.75) is 77.6 Å². The molecule has 0 N–H and O–H groups in total. The minimum absolute atomic E-state index is 0.912. The van der Waals surface area contributed by atoms with E-state index in [2.05, 4.69) is 25.1 Å². The lowest BCUT2D eigenvalue weighted by Gasteiger charge is -2.35. The van der Waals surface area contributed by atoms with Gasteiger partial charge in [-0.1, -0.05) is 81.3 Å². The number of hydrogen-bond acceptors (Lipinski definition) is 0. The van der Waals surface area contributed by atoms with Crippen molar-refractivity contribution >= 4 is 17.2 Å². The Morgan fingerprint density at radius 3 is 2.42 bits per heavy atom. The van der Waals surface area contributed by atoms with E-state index in [4.69, 9.17) is 11.6 Å². The van der Waals surface area contributed by atoms with Gasteiger partial charge >= 0.3 is 0 Å². The highest BCUT2D eigenvalue weighted by molar-refractivity contribution is 6.32. The van der Waals surface area contributed by atoms with Crippen molar-refractivity contribution in [2.24, 2.45) is 17.8 Å². The van der Waals surface area contributed by atoms with Gasteiger partial charge in [0.05, 0.1) is 0 Å². The fourth-order valence-electron chi connectivity index (χ4n) is 4.88. The summed E-state index contributed by atoms with van der Waals surface area (Å²) in [7, 11) is 0. The van der Waals surface area contributed by atoms with E-state index in [0.29, 0.717) is 0 Å². The summed E-state index contributed by atoms with van der Waals surface area (Å²) >= 11 is 6.37. The van der Waals surface area contributed by atoms with Gasteiger partial charge in [0.25, 0.3) is 0 Å². The van der Waals surface area contributed by atoms with Crippen molar-refractivity contribution in [1.82, 2.24) is 0 Å². The average molecular weight is 345 g/mol. The first-order valence-corrected chi connectivity index (χ1v) is 10.6. The van der Waals surface area contributed by atoms with Gasteiger partial charge in [0.1, 0.15) is 0 Å². The maximum atomic E-state index is 6.37. The van der Waals surface area contributed by atoms with E-state index in [0.717, 1.165) is 22.8 Å². The van der Waals surface area contributed by atoms with Crippen LogP contribution < -0.4 is 0 Å². The van der Waals surface area contributed by atoms with Crippen molar-refractivity contribution in [1.29, 1.82) is 0 Å². The highest BCUT2D eigenvalue weighted by atomic mass is 35.5. The fourth-order valence-corrected chi connectivity index (χ4v) is 5.14. The average Bonchev–Trinajstić information content (AvgIpc) is 2.63. The third-order valence-electron chi connectivity index (χ3n) is 6.45. The quantitative estimate of drug-likeness (QED) is 0.460. The summed E-state index contributed by atoms with van der Waals surface area (Å²) in [5.74, 6) is 2.94. The summed E-state index contributed by atoms with van der Waals surface area (Å²) in [5, 5.41) is 0.912. The molecular weight excluding hydrogens is 312 g/mol. The van der Waals surface area contributed by atoms with Crippen LogP contribution >= 0.6 is 11.6 Å². The molecule has 0 amide bonds. The van der Waals surface area contributed by atoms with Crippen molar-refractivity contribution < 1.29 is 0 Å². The monoisotopic (exact) mass is 344 g/mol. The summed E-state index contributed by atoms with van der Waals surface area (Å²) in [4.78, 5) is 0. The third-order valence-corrected chi connectivity index (χ3v) is 6.77. The molecule has 1 aromatic carbocycles. The summed E-state index contributed by atoms with van der Waals surface area (Å²) in [6.45, 7) is 2.31. The van der Waals surface area contributed by atoms with Crippen LogP contribution in [-0.4, -0.2) is 0 Å². The predicted molar refractivity (Wildman–Crippen MR) is 106 cm³/mol. The first-order valence-electron chi connectivity index (χ1n) is 10.2. The van der Waals surface area contributed by atoms with Crippen LogP contribution in [0.25, 0.3) is 5.57 Å². The van der Waals surface area contributed by atoms with Gasteiger partial charge in [-0.15, -0.1) is 0 Å². The zero-order chi connectivity index (χ0) is 16.8. The van der Waals surface area contributed by atoms with Gasteiger partial charge in [-0.25, -0.2) is 0 Å². The molecule has 3 rings (SSSR count). The third kappa shape index (κ3) is 4.66. The van der Waals surface area contributed by atoms with Crippen LogP contribution in [0.1, 0.15) is 83.1 Å². The van der Waals surface area contributed by atoms with E-state index in [1.807, 2.05) is 12.1 Å². The van der Waals surface area contributed by atoms with Crippen molar-refractivity contribution in [2.75, 3.05) is 0 Å². The molecule has 2 aliphatic rings. The molecule has 0 aliphatic heterocycles. The molecule has 1 fully saturated rings. The molecular formula is C23H33Cl. The fraction of sp³-hybridized carbons (Fsp3) is 0.652. The standard InChI is InChI=1S/C23H33Cl/c1-2-3-4-7-18-10-12-19(13-11-18)20-14-16-21(17-15-20)22-8-5-6-9-23(22)24/h5-6,8-9,16,18-20H,2-4,7,10-15,17H2,1H3. The molecule has 0 spiro atoms. The Kier molecular flexibility index (Phi) is 6.84. The Bertz CT molecular complexity index is 537. The molecule has 0 aromatic heterocycles. The molecule has 1 aromatic rings. The largest absolute Gasteiger partial charge is 0.0837 e. The second kappa shape index (κ2) is 9.09. The van der Waals surface area contributed by atoms with Gasteiger partial charge in [0.2, 0.25) is 0 Å². The number of allylic oxidation sites excluding steroid dienone is 2. The molecule has 1 saturated carbocycles. The SMILES string of the molecule is CCCCCC1CCC(C2CC=C(c3ccccc3Cl)CC2)CC1.